The summed E-state index contributed by atoms with van der Waals surface area (Å²) in [6.45, 7) is 11.4. The number of amides is 3. The molecule has 0 aromatic carbocycles. The van der Waals surface area contributed by atoms with Gasteiger partial charge >= 0.3 is 12.2 Å². The number of epoxide rings is 2. The minimum absolute atomic E-state index is 0.0528. The average molecular weight is 569 g/mol. The molecule has 0 aromatic rings. The smallest absolute Gasteiger partial charge is 0.408 e. The van der Waals surface area contributed by atoms with E-state index >= 15 is 0 Å². The number of methoxy groups -OCH3 is 1. The van der Waals surface area contributed by atoms with E-state index < -0.39 is 29.4 Å². The molecule has 2 heterocycles. The van der Waals surface area contributed by atoms with Crippen molar-refractivity contribution in [3.63, 3.8) is 0 Å². The van der Waals surface area contributed by atoms with Gasteiger partial charge in [-0.1, -0.05) is 11.6 Å². The van der Waals surface area contributed by atoms with Gasteiger partial charge in [0.2, 0.25) is 5.91 Å². The van der Waals surface area contributed by atoms with E-state index in [-0.39, 0.29) is 42.8 Å². The first-order chi connectivity index (χ1) is 18.9. The first kappa shape index (κ1) is 32.1. The van der Waals surface area contributed by atoms with E-state index in [9.17, 15) is 14.4 Å². The zero-order valence-electron chi connectivity index (χ0n) is 25.0. The summed E-state index contributed by atoms with van der Waals surface area (Å²) >= 11 is 0. The van der Waals surface area contributed by atoms with Crippen LogP contribution >= 0.6 is 0 Å². The molecule has 3 amide bonds. The molecule has 12 heteroatoms. The molecule has 1 saturated carbocycles. The average Bonchev–Trinajstić information content (AvgIpc) is 3.79. The van der Waals surface area contributed by atoms with E-state index in [0.29, 0.717) is 32.5 Å². The minimum atomic E-state index is -0.867. The van der Waals surface area contributed by atoms with Crippen LogP contribution in [0.25, 0.3) is 0 Å². The van der Waals surface area contributed by atoms with E-state index in [0.717, 1.165) is 12.8 Å². The fraction of sp³-hybridized carbons (Fsp3) is 0.821. The van der Waals surface area contributed by atoms with Gasteiger partial charge in [-0.25, -0.2) is 9.59 Å². The molecule has 0 aromatic heterocycles. The fourth-order valence-corrected chi connectivity index (χ4v) is 5.58. The van der Waals surface area contributed by atoms with Crippen molar-refractivity contribution in [1.82, 2.24) is 21.3 Å². The molecule has 3 rings (SSSR count). The van der Waals surface area contributed by atoms with Crippen LogP contribution in [0.1, 0.15) is 60.3 Å². The van der Waals surface area contributed by atoms with E-state index in [1.54, 1.807) is 28.0 Å². The fourth-order valence-electron chi connectivity index (χ4n) is 5.58. The number of likely N-dealkylation sites (N-methyl/N-ethyl adjacent to an activating group) is 1. The second-order valence-corrected chi connectivity index (χ2v) is 12.1. The maximum Gasteiger partial charge on any atom is 0.408 e. The number of carbonyl (C=O) groups is 3. The van der Waals surface area contributed by atoms with Crippen LogP contribution in [0.3, 0.4) is 0 Å². The van der Waals surface area contributed by atoms with Gasteiger partial charge in [-0.05, 0) is 67.3 Å². The number of alkyl carbamates (subject to hydrolysis) is 2. The molecule has 12 nitrogen and oxygen atoms in total. The summed E-state index contributed by atoms with van der Waals surface area (Å²) in [4.78, 5) is 36.4. The molecule has 3 fully saturated rings. The molecular formula is C28H48N4O8. The highest BCUT2D eigenvalue weighted by Gasteiger charge is 2.72. The second kappa shape index (κ2) is 13.5. The van der Waals surface area contributed by atoms with Gasteiger partial charge in [0.15, 0.2) is 0 Å². The molecule has 2 saturated heterocycles. The van der Waals surface area contributed by atoms with Crippen molar-refractivity contribution < 1.29 is 38.1 Å². The standard InChI is InChI=1S/C28H48N4O8/c1-18(2)9-10-20-27(5,40-20)23-22(36-7)19(11-12-28(23)17-38-28)39-25(35)32-26(3,4)16-37-24(34)31-14-8-13-30-21(33)15-29-6/h9,19-20,22-23,29H,8,10-17H2,1-7H3,(H,30,33)(H,31,34)(H,32,35)/t19?,20-,22?,23?,27+,28+/m1/s1. The number of hydrogen-bond acceptors (Lipinski definition) is 9. The van der Waals surface area contributed by atoms with Gasteiger partial charge in [0.1, 0.15) is 30.0 Å². The van der Waals surface area contributed by atoms with Crippen LogP contribution in [-0.4, -0.2) is 100 Å². The molecule has 0 bridgehead atoms. The van der Waals surface area contributed by atoms with Crippen molar-refractivity contribution in [3.8, 4) is 0 Å². The minimum Gasteiger partial charge on any atom is -0.447 e. The molecule has 4 N–H and O–H groups in total. The zero-order valence-corrected chi connectivity index (χ0v) is 25.0. The summed E-state index contributed by atoms with van der Waals surface area (Å²) in [5, 5.41) is 10.9. The largest absolute Gasteiger partial charge is 0.447 e. The summed E-state index contributed by atoms with van der Waals surface area (Å²) in [7, 11) is 3.33. The van der Waals surface area contributed by atoms with Crippen molar-refractivity contribution in [2.45, 2.75) is 95.4 Å². The number of allylic oxidation sites excluding steroid dienone is 1. The van der Waals surface area contributed by atoms with Gasteiger partial charge in [0.25, 0.3) is 0 Å². The Kier molecular flexibility index (Phi) is 10.8. The number of carbonyl (C=O) groups excluding carboxylic acids is 3. The Labute approximate surface area is 237 Å². The van der Waals surface area contributed by atoms with Crippen molar-refractivity contribution in [2.75, 3.05) is 47.0 Å². The van der Waals surface area contributed by atoms with Gasteiger partial charge in [-0.3, -0.25) is 4.79 Å². The topological polar surface area (TPSA) is 152 Å². The van der Waals surface area contributed by atoms with Crippen LogP contribution in [0.15, 0.2) is 11.6 Å². The van der Waals surface area contributed by atoms with E-state index in [1.165, 1.54) is 5.57 Å². The summed E-state index contributed by atoms with van der Waals surface area (Å²) < 4.78 is 29.3. The van der Waals surface area contributed by atoms with Crippen LogP contribution < -0.4 is 21.3 Å². The molecule has 6 atom stereocenters. The zero-order chi connectivity index (χ0) is 29.6. The Balaban J connectivity index is 1.45. The predicted octanol–water partition coefficient (Wildman–Crippen LogP) is 2.02. The van der Waals surface area contributed by atoms with Crippen molar-refractivity contribution >= 4 is 18.1 Å². The Morgan fingerprint density at radius 2 is 1.82 bits per heavy atom. The highest BCUT2D eigenvalue weighted by Crippen LogP contribution is 2.59. The summed E-state index contributed by atoms with van der Waals surface area (Å²) in [6.07, 6.45) is 2.96. The highest BCUT2D eigenvalue weighted by atomic mass is 16.6. The molecular weight excluding hydrogens is 520 g/mol. The number of hydrogen-bond donors (Lipinski definition) is 4. The maximum absolute atomic E-state index is 12.9. The highest BCUT2D eigenvalue weighted by molar-refractivity contribution is 5.77. The maximum atomic E-state index is 12.9. The van der Waals surface area contributed by atoms with Crippen LogP contribution in [0, 0.1) is 5.92 Å². The normalized spacial score (nSPS) is 30.7. The Bertz CT molecular complexity index is 933. The molecule has 40 heavy (non-hydrogen) atoms. The molecule has 1 spiro atoms. The summed E-state index contributed by atoms with van der Waals surface area (Å²) in [5.74, 6) is -0.173. The van der Waals surface area contributed by atoms with Crippen LogP contribution in [0.5, 0.6) is 0 Å². The van der Waals surface area contributed by atoms with Crippen LogP contribution in [0.4, 0.5) is 9.59 Å². The van der Waals surface area contributed by atoms with Gasteiger partial charge in [0.05, 0.1) is 30.7 Å². The molecule has 3 unspecified atom stereocenters. The SMILES string of the molecule is CNCC(=O)NCCCNC(=O)OCC(C)(C)NC(=O)OC1CC[C@]2(CO2)C([C@@]2(C)O[C@@H]2CC=C(C)C)C1OC. The molecule has 0 radical (unpaired) electrons. The lowest BCUT2D eigenvalue weighted by Crippen LogP contribution is -2.57. The third kappa shape index (κ3) is 8.55. The second-order valence-electron chi connectivity index (χ2n) is 12.1. The Hall–Kier alpha value is -2.41. The monoisotopic (exact) mass is 568 g/mol. The lowest BCUT2D eigenvalue weighted by Gasteiger charge is -2.42. The lowest BCUT2D eigenvalue weighted by atomic mass is 9.68. The van der Waals surface area contributed by atoms with Gasteiger partial charge in [-0.15, -0.1) is 0 Å². The molecule has 3 aliphatic rings. The molecule has 2 aliphatic heterocycles. The predicted molar refractivity (Wildman–Crippen MR) is 148 cm³/mol. The van der Waals surface area contributed by atoms with E-state index in [2.05, 4.69) is 48.1 Å². The van der Waals surface area contributed by atoms with Gasteiger partial charge in [-0.2, -0.15) is 0 Å². The lowest BCUT2D eigenvalue weighted by molar-refractivity contribution is -0.120. The Morgan fingerprint density at radius 3 is 2.45 bits per heavy atom. The third-order valence-electron chi connectivity index (χ3n) is 7.78. The summed E-state index contributed by atoms with van der Waals surface area (Å²) in [5.41, 5.74) is -0.339. The number of ether oxygens (including phenoxy) is 5. The van der Waals surface area contributed by atoms with Crippen molar-refractivity contribution in [2.24, 2.45) is 5.92 Å². The van der Waals surface area contributed by atoms with E-state index in [4.69, 9.17) is 23.7 Å². The van der Waals surface area contributed by atoms with Gasteiger partial charge < -0.3 is 45.0 Å². The van der Waals surface area contributed by atoms with Crippen molar-refractivity contribution in [3.05, 3.63) is 11.6 Å². The molecule has 228 valence electrons. The Morgan fingerprint density at radius 1 is 1.12 bits per heavy atom. The van der Waals surface area contributed by atoms with Gasteiger partial charge in [0, 0.05) is 20.2 Å². The first-order valence-electron chi connectivity index (χ1n) is 14.1. The van der Waals surface area contributed by atoms with E-state index in [1.807, 2.05) is 0 Å². The number of nitrogens with one attached hydrogen (secondary N) is 4. The summed E-state index contributed by atoms with van der Waals surface area (Å²) in [6, 6.07) is 0. The van der Waals surface area contributed by atoms with Crippen LogP contribution in [0.2, 0.25) is 0 Å². The third-order valence-corrected chi connectivity index (χ3v) is 7.78. The quantitative estimate of drug-likeness (QED) is 0.140. The van der Waals surface area contributed by atoms with Crippen LogP contribution in [-0.2, 0) is 28.5 Å². The first-order valence-corrected chi connectivity index (χ1v) is 14.1. The molecule has 1 aliphatic carbocycles. The van der Waals surface area contributed by atoms with Crippen molar-refractivity contribution in [1.29, 1.82) is 0 Å². The number of rotatable bonds is 14.